The molecule has 1 aromatic carbocycles. The Kier molecular flexibility index (Phi) is 3.49. The van der Waals surface area contributed by atoms with Crippen LogP contribution in [0.25, 0.3) is 0 Å². The molecule has 1 rings (SSSR count). The van der Waals surface area contributed by atoms with Crippen LogP contribution < -0.4 is 0 Å². The first kappa shape index (κ1) is 10.6. The standard InChI is InChI=1S/C11H14N2O/c1-9(7-12)13(2)8-10-3-5-11(14)6-4-10/h3-6,9,14H,8H2,1-2H3. The number of nitriles is 1. The van der Waals surface area contributed by atoms with Crippen molar-refractivity contribution in [3.8, 4) is 11.8 Å². The minimum atomic E-state index is -0.0937. The van der Waals surface area contributed by atoms with Gasteiger partial charge < -0.3 is 5.11 Å². The summed E-state index contributed by atoms with van der Waals surface area (Å²) in [5.74, 6) is 0.268. The van der Waals surface area contributed by atoms with E-state index in [-0.39, 0.29) is 11.8 Å². The average Bonchev–Trinajstić information content (AvgIpc) is 2.20. The van der Waals surface area contributed by atoms with Gasteiger partial charge in [0.2, 0.25) is 0 Å². The van der Waals surface area contributed by atoms with Crippen LogP contribution in [-0.2, 0) is 6.54 Å². The van der Waals surface area contributed by atoms with Gasteiger partial charge >= 0.3 is 0 Å². The van der Waals surface area contributed by atoms with Gasteiger partial charge in [-0.1, -0.05) is 12.1 Å². The number of aromatic hydroxyl groups is 1. The second-order valence-corrected chi connectivity index (χ2v) is 3.39. The van der Waals surface area contributed by atoms with Crippen molar-refractivity contribution in [3.05, 3.63) is 29.8 Å². The van der Waals surface area contributed by atoms with Crippen LogP contribution in [0.3, 0.4) is 0 Å². The highest BCUT2D eigenvalue weighted by Crippen LogP contribution is 2.11. The molecule has 74 valence electrons. The summed E-state index contributed by atoms with van der Waals surface area (Å²) in [6.45, 7) is 2.58. The molecular weight excluding hydrogens is 176 g/mol. The zero-order chi connectivity index (χ0) is 10.6. The van der Waals surface area contributed by atoms with Crippen molar-refractivity contribution in [1.82, 2.24) is 4.90 Å². The van der Waals surface area contributed by atoms with Crippen LogP contribution in [0.1, 0.15) is 12.5 Å². The third kappa shape index (κ3) is 2.75. The van der Waals surface area contributed by atoms with E-state index in [0.717, 1.165) is 12.1 Å². The Labute approximate surface area is 84.2 Å². The normalized spacial score (nSPS) is 12.4. The highest BCUT2D eigenvalue weighted by Gasteiger charge is 2.07. The number of benzene rings is 1. The van der Waals surface area contributed by atoms with Gasteiger partial charge in [0.25, 0.3) is 0 Å². The Morgan fingerprint density at radius 3 is 2.50 bits per heavy atom. The van der Waals surface area contributed by atoms with Gasteiger partial charge in [-0.2, -0.15) is 5.26 Å². The van der Waals surface area contributed by atoms with Crippen molar-refractivity contribution in [2.45, 2.75) is 19.5 Å². The summed E-state index contributed by atoms with van der Waals surface area (Å²) >= 11 is 0. The fraction of sp³-hybridized carbons (Fsp3) is 0.364. The van der Waals surface area contributed by atoms with Crippen LogP contribution >= 0.6 is 0 Å². The Hall–Kier alpha value is -1.53. The summed E-state index contributed by atoms with van der Waals surface area (Å²) in [6, 6.07) is 9.10. The maximum atomic E-state index is 9.08. The van der Waals surface area contributed by atoms with E-state index in [4.69, 9.17) is 10.4 Å². The molecule has 0 aliphatic rings. The highest BCUT2D eigenvalue weighted by molar-refractivity contribution is 5.25. The fourth-order valence-corrected chi connectivity index (χ4v) is 1.12. The van der Waals surface area contributed by atoms with Crippen molar-refractivity contribution >= 4 is 0 Å². The Bertz CT molecular complexity index is 326. The molecule has 0 aromatic heterocycles. The molecular formula is C11H14N2O. The molecule has 3 heteroatoms. The van der Waals surface area contributed by atoms with Crippen LogP contribution in [0.15, 0.2) is 24.3 Å². The predicted octanol–water partition coefficient (Wildman–Crippen LogP) is 1.74. The van der Waals surface area contributed by atoms with Gasteiger partial charge in [0.1, 0.15) is 5.75 Å². The molecule has 0 aliphatic heterocycles. The first-order valence-corrected chi connectivity index (χ1v) is 4.51. The van der Waals surface area contributed by atoms with Gasteiger partial charge in [0, 0.05) is 6.54 Å². The molecule has 1 atom stereocenters. The second-order valence-electron chi connectivity index (χ2n) is 3.39. The summed E-state index contributed by atoms with van der Waals surface area (Å²) in [5, 5.41) is 17.8. The lowest BCUT2D eigenvalue weighted by molar-refractivity contribution is 0.294. The quantitative estimate of drug-likeness (QED) is 0.789. The largest absolute Gasteiger partial charge is 0.508 e. The van der Waals surface area contributed by atoms with Crippen LogP contribution in [-0.4, -0.2) is 23.1 Å². The third-order valence-electron chi connectivity index (χ3n) is 2.22. The average molecular weight is 190 g/mol. The lowest BCUT2D eigenvalue weighted by Gasteiger charge is -2.18. The molecule has 0 saturated heterocycles. The van der Waals surface area contributed by atoms with E-state index in [0.29, 0.717) is 0 Å². The smallest absolute Gasteiger partial charge is 0.115 e. The molecule has 1 N–H and O–H groups in total. The van der Waals surface area contributed by atoms with Crippen LogP contribution in [0.4, 0.5) is 0 Å². The zero-order valence-corrected chi connectivity index (χ0v) is 8.44. The molecule has 1 unspecified atom stereocenters. The van der Waals surface area contributed by atoms with Crippen molar-refractivity contribution < 1.29 is 5.11 Å². The monoisotopic (exact) mass is 190 g/mol. The Balaban J connectivity index is 2.61. The van der Waals surface area contributed by atoms with E-state index in [2.05, 4.69) is 6.07 Å². The molecule has 14 heavy (non-hydrogen) atoms. The molecule has 0 spiro atoms. The number of phenols is 1. The zero-order valence-electron chi connectivity index (χ0n) is 8.44. The molecule has 0 heterocycles. The molecule has 0 bridgehead atoms. The number of hydrogen-bond donors (Lipinski definition) is 1. The molecule has 0 aliphatic carbocycles. The minimum Gasteiger partial charge on any atom is -0.508 e. The van der Waals surface area contributed by atoms with E-state index < -0.39 is 0 Å². The number of phenolic OH excluding ortho intramolecular Hbond substituents is 1. The van der Waals surface area contributed by atoms with Gasteiger partial charge in [-0.3, -0.25) is 4.90 Å². The van der Waals surface area contributed by atoms with Crippen LogP contribution in [0, 0.1) is 11.3 Å². The van der Waals surface area contributed by atoms with Crippen molar-refractivity contribution in [2.24, 2.45) is 0 Å². The molecule has 0 fully saturated rings. The molecule has 3 nitrogen and oxygen atoms in total. The topological polar surface area (TPSA) is 47.3 Å². The van der Waals surface area contributed by atoms with Gasteiger partial charge in [-0.15, -0.1) is 0 Å². The first-order valence-electron chi connectivity index (χ1n) is 4.51. The van der Waals surface area contributed by atoms with Crippen LogP contribution in [0.5, 0.6) is 5.75 Å². The summed E-state index contributed by atoms with van der Waals surface area (Å²) < 4.78 is 0. The van der Waals surface area contributed by atoms with E-state index in [1.807, 2.05) is 31.0 Å². The third-order valence-corrected chi connectivity index (χ3v) is 2.22. The molecule has 1 aromatic rings. The van der Waals surface area contributed by atoms with Crippen molar-refractivity contribution in [3.63, 3.8) is 0 Å². The minimum absolute atomic E-state index is 0.0937. The van der Waals surface area contributed by atoms with E-state index in [9.17, 15) is 0 Å². The lowest BCUT2D eigenvalue weighted by Crippen LogP contribution is -2.26. The Morgan fingerprint density at radius 1 is 1.43 bits per heavy atom. The van der Waals surface area contributed by atoms with Crippen molar-refractivity contribution in [1.29, 1.82) is 5.26 Å². The van der Waals surface area contributed by atoms with E-state index in [1.165, 1.54) is 0 Å². The SMILES string of the molecule is CC(C#N)N(C)Cc1ccc(O)cc1. The maximum Gasteiger partial charge on any atom is 0.115 e. The van der Waals surface area contributed by atoms with Crippen LogP contribution in [0.2, 0.25) is 0 Å². The summed E-state index contributed by atoms with van der Waals surface area (Å²) in [7, 11) is 1.90. The van der Waals surface area contributed by atoms with Gasteiger partial charge in [0.05, 0.1) is 12.1 Å². The first-order chi connectivity index (χ1) is 6.63. The van der Waals surface area contributed by atoms with Gasteiger partial charge in [0.15, 0.2) is 0 Å². The summed E-state index contributed by atoms with van der Waals surface area (Å²) in [5.41, 5.74) is 1.09. The number of rotatable bonds is 3. The molecule has 0 amide bonds. The number of hydrogen-bond acceptors (Lipinski definition) is 3. The fourth-order valence-electron chi connectivity index (χ4n) is 1.12. The summed E-state index contributed by atoms with van der Waals surface area (Å²) in [4.78, 5) is 1.95. The van der Waals surface area contributed by atoms with Gasteiger partial charge in [-0.05, 0) is 31.7 Å². The maximum absolute atomic E-state index is 9.08. The number of nitrogens with zero attached hydrogens (tertiary/aromatic N) is 2. The second kappa shape index (κ2) is 4.64. The predicted molar refractivity (Wildman–Crippen MR) is 54.6 cm³/mol. The van der Waals surface area contributed by atoms with E-state index >= 15 is 0 Å². The lowest BCUT2D eigenvalue weighted by atomic mass is 10.2. The van der Waals surface area contributed by atoms with Gasteiger partial charge in [-0.25, -0.2) is 0 Å². The molecule has 0 saturated carbocycles. The Morgan fingerprint density at radius 2 is 2.00 bits per heavy atom. The van der Waals surface area contributed by atoms with E-state index in [1.54, 1.807) is 12.1 Å². The highest BCUT2D eigenvalue weighted by atomic mass is 16.3. The molecule has 0 radical (unpaired) electrons. The summed E-state index contributed by atoms with van der Waals surface area (Å²) in [6.07, 6.45) is 0. The van der Waals surface area contributed by atoms with Crippen molar-refractivity contribution in [2.75, 3.05) is 7.05 Å².